The van der Waals surface area contributed by atoms with Crippen molar-refractivity contribution in [2.24, 2.45) is 5.73 Å². The highest BCUT2D eigenvalue weighted by Crippen LogP contribution is 2.25. The third-order valence-corrected chi connectivity index (χ3v) is 3.09. The first-order valence-electron chi connectivity index (χ1n) is 5.76. The molecule has 15 heavy (non-hydrogen) atoms. The van der Waals surface area contributed by atoms with Crippen LogP contribution in [-0.2, 0) is 6.54 Å². The minimum Gasteiger partial charge on any atom is -0.432 e. The van der Waals surface area contributed by atoms with Gasteiger partial charge in [0.15, 0.2) is 0 Å². The molecular formula is C11H19N3O. The van der Waals surface area contributed by atoms with Crippen LogP contribution in [0, 0.1) is 0 Å². The molecule has 1 aromatic heterocycles. The van der Waals surface area contributed by atoms with Crippen LogP contribution in [0.2, 0.25) is 0 Å². The molecule has 1 aromatic rings. The van der Waals surface area contributed by atoms with Gasteiger partial charge in [-0.3, -0.25) is 0 Å². The van der Waals surface area contributed by atoms with Crippen LogP contribution in [0.1, 0.15) is 38.3 Å². The zero-order valence-electron chi connectivity index (χ0n) is 9.28. The van der Waals surface area contributed by atoms with E-state index in [2.05, 4.69) is 16.8 Å². The van der Waals surface area contributed by atoms with Gasteiger partial charge in [0.2, 0.25) is 0 Å². The number of piperidine rings is 1. The average molecular weight is 209 g/mol. The Morgan fingerprint density at radius 3 is 3.13 bits per heavy atom. The Morgan fingerprint density at radius 2 is 2.47 bits per heavy atom. The number of hydrogen-bond donors (Lipinski definition) is 1. The number of anilines is 1. The minimum absolute atomic E-state index is 0.453. The first kappa shape index (κ1) is 10.5. The van der Waals surface area contributed by atoms with Crippen LogP contribution in [0.4, 0.5) is 6.01 Å². The van der Waals surface area contributed by atoms with Gasteiger partial charge in [0.1, 0.15) is 6.26 Å². The van der Waals surface area contributed by atoms with Crippen LogP contribution in [0.3, 0.4) is 0 Å². The molecule has 0 aromatic carbocycles. The van der Waals surface area contributed by atoms with E-state index in [4.69, 9.17) is 10.2 Å². The van der Waals surface area contributed by atoms with Gasteiger partial charge in [-0.2, -0.15) is 4.98 Å². The fourth-order valence-electron chi connectivity index (χ4n) is 2.20. The topological polar surface area (TPSA) is 55.3 Å². The van der Waals surface area contributed by atoms with Crippen LogP contribution in [-0.4, -0.2) is 17.6 Å². The molecule has 84 valence electrons. The van der Waals surface area contributed by atoms with Crippen LogP contribution in [0.25, 0.3) is 0 Å². The van der Waals surface area contributed by atoms with Gasteiger partial charge in [-0.1, -0.05) is 6.92 Å². The van der Waals surface area contributed by atoms with Gasteiger partial charge in [0, 0.05) is 19.1 Å². The van der Waals surface area contributed by atoms with Gasteiger partial charge < -0.3 is 15.1 Å². The number of oxazole rings is 1. The normalized spacial score (nSPS) is 22.0. The van der Waals surface area contributed by atoms with E-state index in [1.807, 2.05) is 0 Å². The number of nitrogens with zero attached hydrogens (tertiary/aromatic N) is 2. The maximum atomic E-state index is 5.52. The second-order valence-electron chi connectivity index (χ2n) is 4.08. The highest BCUT2D eigenvalue weighted by molar-refractivity contribution is 5.29. The van der Waals surface area contributed by atoms with Crippen molar-refractivity contribution >= 4 is 6.01 Å². The van der Waals surface area contributed by atoms with E-state index in [1.165, 1.54) is 19.3 Å². The minimum atomic E-state index is 0.453. The van der Waals surface area contributed by atoms with Crippen molar-refractivity contribution in [1.82, 2.24) is 4.98 Å². The third kappa shape index (κ3) is 2.15. The smallest absolute Gasteiger partial charge is 0.297 e. The molecule has 0 saturated carbocycles. The molecule has 1 atom stereocenters. The fourth-order valence-corrected chi connectivity index (χ4v) is 2.20. The molecule has 4 nitrogen and oxygen atoms in total. The first-order chi connectivity index (χ1) is 7.35. The summed E-state index contributed by atoms with van der Waals surface area (Å²) in [4.78, 5) is 6.67. The molecule has 2 N–H and O–H groups in total. The predicted octanol–water partition coefficient (Wildman–Crippen LogP) is 1.90. The molecule has 1 unspecified atom stereocenters. The molecule has 1 aliphatic rings. The van der Waals surface area contributed by atoms with Crippen LogP contribution in [0.5, 0.6) is 0 Å². The summed E-state index contributed by atoms with van der Waals surface area (Å²) in [5.41, 5.74) is 6.36. The van der Waals surface area contributed by atoms with E-state index in [9.17, 15) is 0 Å². The van der Waals surface area contributed by atoms with Crippen molar-refractivity contribution in [3.05, 3.63) is 12.0 Å². The monoisotopic (exact) mass is 209 g/mol. The van der Waals surface area contributed by atoms with E-state index < -0.39 is 0 Å². The van der Waals surface area contributed by atoms with Gasteiger partial charge in [-0.25, -0.2) is 0 Å². The average Bonchev–Trinajstić information content (AvgIpc) is 2.77. The van der Waals surface area contributed by atoms with Crippen molar-refractivity contribution in [2.75, 3.05) is 11.4 Å². The summed E-state index contributed by atoms with van der Waals surface area (Å²) >= 11 is 0. The summed E-state index contributed by atoms with van der Waals surface area (Å²) in [6, 6.07) is 1.34. The Bertz CT molecular complexity index is 311. The lowest BCUT2D eigenvalue weighted by molar-refractivity contribution is 0.410. The Balaban J connectivity index is 2.12. The molecule has 0 spiro atoms. The highest BCUT2D eigenvalue weighted by atomic mass is 16.4. The molecule has 0 bridgehead atoms. The van der Waals surface area contributed by atoms with Crippen molar-refractivity contribution < 1.29 is 4.42 Å². The number of rotatable bonds is 3. The van der Waals surface area contributed by atoms with Crippen LogP contribution in [0.15, 0.2) is 10.7 Å². The van der Waals surface area contributed by atoms with Crippen molar-refractivity contribution in [2.45, 2.75) is 45.2 Å². The molecule has 2 heterocycles. The molecule has 1 aliphatic heterocycles. The maximum Gasteiger partial charge on any atom is 0.297 e. The summed E-state index contributed by atoms with van der Waals surface area (Å²) in [6.07, 6.45) is 6.62. The lowest BCUT2D eigenvalue weighted by Gasteiger charge is -2.33. The van der Waals surface area contributed by atoms with Crippen molar-refractivity contribution in [1.29, 1.82) is 0 Å². The Hall–Kier alpha value is -1.03. The Morgan fingerprint density at radius 1 is 1.60 bits per heavy atom. The van der Waals surface area contributed by atoms with Gasteiger partial charge in [0.05, 0.1) is 5.69 Å². The molecule has 0 amide bonds. The second kappa shape index (κ2) is 4.66. The SMILES string of the molecule is CCC1CCCCN1c1nc(CN)co1. The predicted molar refractivity (Wildman–Crippen MR) is 59.7 cm³/mol. The van der Waals surface area contributed by atoms with Crippen LogP contribution < -0.4 is 10.6 Å². The standard InChI is InChI=1S/C11H19N3O/c1-2-10-5-3-4-6-14(10)11-13-9(7-12)8-15-11/h8,10H,2-7,12H2,1H3. The van der Waals surface area contributed by atoms with Gasteiger partial charge in [-0.15, -0.1) is 0 Å². The highest BCUT2D eigenvalue weighted by Gasteiger charge is 2.24. The van der Waals surface area contributed by atoms with Gasteiger partial charge in [-0.05, 0) is 25.7 Å². The number of aromatic nitrogens is 1. The van der Waals surface area contributed by atoms with Gasteiger partial charge >= 0.3 is 0 Å². The fraction of sp³-hybridized carbons (Fsp3) is 0.727. The molecule has 2 rings (SSSR count). The molecule has 0 aliphatic carbocycles. The largest absolute Gasteiger partial charge is 0.432 e. The van der Waals surface area contributed by atoms with Crippen molar-refractivity contribution in [3.63, 3.8) is 0 Å². The number of hydrogen-bond acceptors (Lipinski definition) is 4. The van der Waals surface area contributed by atoms with E-state index in [0.29, 0.717) is 12.6 Å². The summed E-state index contributed by atoms with van der Waals surface area (Å²) in [5, 5.41) is 0. The summed E-state index contributed by atoms with van der Waals surface area (Å²) in [7, 11) is 0. The third-order valence-electron chi connectivity index (χ3n) is 3.09. The Kier molecular flexibility index (Phi) is 3.26. The molecule has 1 saturated heterocycles. The zero-order valence-corrected chi connectivity index (χ0v) is 9.28. The van der Waals surface area contributed by atoms with E-state index >= 15 is 0 Å². The summed E-state index contributed by atoms with van der Waals surface area (Å²) in [6.45, 7) is 3.73. The molecular weight excluding hydrogens is 190 g/mol. The molecule has 1 fully saturated rings. The summed E-state index contributed by atoms with van der Waals surface area (Å²) < 4.78 is 5.46. The van der Waals surface area contributed by atoms with Gasteiger partial charge in [0.25, 0.3) is 6.01 Å². The second-order valence-corrected chi connectivity index (χ2v) is 4.08. The quantitative estimate of drug-likeness (QED) is 0.826. The first-order valence-corrected chi connectivity index (χ1v) is 5.76. The van der Waals surface area contributed by atoms with E-state index in [1.54, 1.807) is 6.26 Å². The van der Waals surface area contributed by atoms with E-state index in [-0.39, 0.29) is 0 Å². The zero-order chi connectivity index (χ0) is 10.7. The molecule has 4 heteroatoms. The Labute approximate surface area is 90.5 Å². The lowest BCUT2D eigenvalue weighted by atomic mass is 10.0. The summed E-state index contributed by atoms with van der Waals surface area (Å²) in [5.74, 6) is 0. The number of nitrogens with two attached hydrogens (primary N) is 1. The van der Waals surface area contributed by atoms with E-state index in [0.717, 1.165) is 24.7 Å². The lowest BCUT2D eigenvalue weighted by Crippen LogP contribution is -2.39. The molecule has 0 radical (unpaired) electrons. The van der Waals surface area contributed by atoms with Crippen LogP contribution >= 0.6 is 0 Å². The maximum absolute atomic E-state index is 5.52. The van der Waals surface area contributed by atoms with Crippen molar-refractivity contribution in [3.8, 4) is 0 Å².